The van der Waals surface area contributed by atoms with E-state index < -0.39 is 28.0 Å². The standard InChI is InChI=1S/C21H35N5O4S/c1-13(2)9-17(12-27)25-20(28)18(7-6-8-24-21(22)23)26-31(29,30)19-15(4)10-14(3)11-16(19)5/h10-13,17-18,26H,6-9H2,1-5H3,(H,25,28)(H4,22,23,24)/t17-,18-/m0/s1. The number of rotatable bonds is 12. The van der Waals surface area contributed by atoms with Crippen LogP contribution in [0.15, 0.2) is 22.0 Å². The molecule has 10 heteroatoms. The second-order valence-electron chi connectivity index (χ2n) is 8.23. The molecule has 0 saturated heterocycles. The Kier molecular flexibility index (Phi) is 10.1. The number of hydrogen-bond donors (Lipinski definition) is 4. The lowest BCUT2D eigenvalue weighted by Gasteiger charge is -2.22. The van der Waals surface area contributed by atoms with Crippen LogP contribution in [0.2, 0.25) is 0 Å². The second kappa shape index (κ2) is 11.8. The van der Waals surface area contributed by atoms with E-state index in [1.807, 2.05) is 20.8 Å². The van der Waals surface area contributed by atoms with E-state index in [0.29, 0.717) is 30.3 Å². The Bertz CT molecular complexity index is 885. The Hall–Kier alpha value is -2.46. The van der Waals surface area contributed by atoms with Gasteiger partial charge in [-0.2, -0.15) is 4.72 Å². The Morgan fingerprint density at radius 3 is 2.23 bits per heavy atom. The molecule has 0 fully saturated rings. The lowest BCUT2D eigenvalue weighted by molar-refractivity contribution is -0.125. The summed E-state index contributed by atoms with van der Waals surface area (Å²) in [5.41, 5.74) is 12.8. The van der Waals surface area contributed by atoms with Crippen molar-refractivity contribution in [1.29, 1.82) is 0 Å². The van der Waals surface area contributed by atoms with Crippen molar-refractivity contribution < 1.29 is 18.0 Å². The molecule has 9 nitrogen and oxygen atoms in total. The van der Waals surface area contributed by atoms with E-state index in [2.05, 4.69) is 15.0 Å². The molecule has 1 rings (SSSR count). The van der Waals surface area contributed by atoms with Crippen molar-refractivity contribution >= 4 is 28.2 Å². The molecule has 2 atom stereocenters. The minimum absolute atomic E-state index is 0.0783. The Balaban J connectivity index is 3.14. The van der Waals surface area contributed by atoms with Crippen LogP contribution in [-0.4, -0.2) is 45.2 Å². The first kappa shape index (κ1) is 26.6. The number of hydrogen-bond acceptors (Lipinski definition) is 5. The van der Waals surface area contributed by atoms with Crippen molar-refractivity contribution in [2.45, 2.75) is 70.9 Å². The van der Waals surface area contributed by atoms with Crippen molar-refractivity contribution in [2.24, 2.45) is 22.4 Å². The molecule has 0 heterocycles. The average Bonchev–Trinajstić information content (AvgIpc) is 2.61. The average molecular weight is 454 g/mol. The topological polar surface area (TPSA) is 157 Å². The SMILES string of the molecule is Cc1cc(C)c(S(=O)(=O)N[C@@H](CCCN=C(N)N)C(=O)N[C@H](C=O)CC(C)C)c(C)c1. The number of aldehydes is 1. The van der Waals surface area contributed by atoms with Crippen LogP contribution in [0.1, 0.15) is 49.8 Å². The molecule has 0 bridgehead atoms. The van der Waals surface area contributed by atoms with E-state index in [1.54, 1.807) is 26.0 Å². The van der Waals surface area contributed by atoms with E-state index in [-0.39, 0.29) is 29.7 Å². The molecule has 0 aliphatic heterocycles. The lowest BCUT2D eigenvalue weighted by Crippen LogP contribution is -2.50. The monoisotopic (exact) mass is 453 g/mol. The Morgan fingerprint density at radius 2 is 1.74 bits per heavy atom. The van der Waals surface area contributed by atoms with Gasteiger partial charge >= 0.3 is 0 Å². The molecule has 6 N–H and O–H groups in total. The molecule has 174 valence electrons. The fourth-order valence-corrected chi connectivity index (χ4v) is 5.21. The summed E-state index contributed by atoms with van der Waals surface area (Å²) < 4.78 is 28.8. The zero-order chi connectivity index (χ0) is 23.8. The summed E-state index contributed by atoms with van der Waals surface area (Å²) in [6, 6.07) is 1.79. The molecule has 1 aromatic carbocycles. The smallest absolute Gasteiger partial charge is 0.241 e. The molecule has 0 saturated carbocycles. The van der Waals surface area contributed by atoms with Gasteiger partial charge in [0.25, 0.3) is 0 Å². The fraction of sp³-hybridized carbons (Fsp3) is 0.571. The maximum Gasteiger partial charge on any atom is 0.241 e. The highest BCUT2D eigenvalue weighted by atomic mass is 32.2. The normalized spacial score (nSPS) is 13.5. The summed E-state index contributed by atoms with van der Waals surface area (Å²) >= 11 is 0. The van der Waals surface area contributed by atoms with Crippen molar-refractivity contribution in [1.82, 2.24) is 10.0 Å². The number of sulfonamides is 1. The summed E-state index contributed by atoms with van der Waals surface area (Å²) in [5, 5.41) is 2.64. The van der Waals surface area contributed by atoms with Gasteiger partial charge < -0.3 is 21.6 Å². The summed E-state index contributed by atoms with van der Waals surface area (Å²) in [5.74, 6) is -0.454. The van der Waals surface area contributed by atoms with Gasteiger partial charge in [0.15, 0.2) is 5.96 Å². The molecule has 0 radical (unpaired) electrons. The van der Waals surface area contributed by atoms with Crippen LogP contribution in [0.25, 0.3) is 0 Å². The molecule has 31 heavy (non-hydrogen) atoms. The van der Waals surface area contributed by atoms with Gasteiger partial charge in [-0.1, -0.05) is 31.5 Å². The molecule has 1 aromatic rings. The number of aliphatic imine (C=N–C) groups is 1. The zero-order valence-electron chi connectivity index (χ0n) is 18.9. The highest BCUT2D eigenvalue weighted by Crippen LogP contribution is 2.22. The van der Waals surface area contributed by atoms with E-state index >= 15 is 0 Å². The summed E-state index contributed by atoms with van der Waals surface area (Å²) in [4.78, 5) is 28.3. The first-order valence-electron chi connectivity index (χ1n) is 10.3. The number of carbonyl (C=O) groups is 2. The van der Waals surface area contributed by atoms with Crippen molar-refractivity contribution in [3.8, 4) is 0 Å². The van der Waals surface area contributed by atoms with E-state index in [1.165, 1.54) is 0 Å². The van der Waals surface area contributed by atoms with E-state index in [0.717, 1.165) is 5.56 Å². The molecule has 0 aromatic heterocycles. The number of amides is 1. The van der Waals surface area contributed by atoms with E-state index in [4.69, 9.17) is 11.5 Å². The largest absolute Gasteiger partial charge is 0.370 e. The van der Waals surface area contributed by atoms with Crippen LogP contribution in [-0.2, 0) is 19.6 Å². The number of nitrogens with zero attached hydrogens (tertiary/aromatic N) is 1. The maximum absolute atomic E-state index is 13.1. The van der Waals surface area contributed by atoms with Gasteiger partial charge in [0, 0.05) is 6.54 Å². The zero-order valence-corrected chi connectivity index (χ0v) is 19.8. The van der Waals surface area contributed by atoms with Crippen LogP contribution < -0.4 is 21.5 Å². The second-order valence-corrected chi connectivity index (χ2v) is 9.88. The number of nitrogens with one attached hydrogen (secondary N) is 2. The number of nitrogens with two attached hydrogens (primary N) is 2. The van der Waals surface area contributed by atoms with Crippen molar-refractivity contribution in [2.75, 3.05) is 6.54 Å². The summed E-state index contributed by atoms with van der Waals surface area (Å²) in [6.45, 7) is 9.43. The fourth-order valence-electron chi connectivity index (χ4n) is 3.52. The number of aryl methyl sites for hydroxylation is 3. The molecular weight excluding hydrogens is 418 g/mol. The van der Waals surface area contributed by atoms with Gasteiger partial charge in [0.2, 0.25) is 15.9 Å². The third-order valence-electron chi connectivity index (χ3n) is 4.65. The number of guanidine groups is 1. The van der Waals surface area contributed by atoms with Crippen LogP contribution >= 0.6 is 0 Å². The molecular formula is C21H35N5O4S. The van der Waals surface area contributed by atoms with Gasteiger partial charge in [-0.15, -0.1) is 0 Å². The van der Waals surface area contributed by atoms with Crippen molar-refractivity contribution in [3.05, 3.63) is 28.8 Å². The van der Waals surface area contributed by atoms with Gasteiger partial charge in [0.1, 0.15) is 12.3 Å². The predicted molar refractivity (Wildman–Crippen MR) is 122 cm³/mol. The minimum atomic E-state index is -3.99. The first-order chi connectivity index (χ1) is 14.4. The van der Waals surface area contributed by atoms with E-state index in [9.17, 15) is 18.0 Å². The van der Waals surface area contributed by atoms with Crippen LogP contribution in [0, 0.1) is 26.7 Å². The predicted octanol–water partition coefficient (Wildman–Crippen LogP) is 1.04. The van der Waals surface area contributed by atoms with Gasteiger partial charge in [-0.3, -0.25) is 9.79 Å². The van der Waals surface area contributed by atoms with Gasteiger partial charge in [0.05, 0.1) is 10.9 Å². The maximum atomic E-state index is 13.1. The summed E-state index contributed by atoms with van der Waals surface area (Å²) in [6.07, 6.45) is 1.66. The molecule has 0 spiro atoms. The molecule has 0 unspecified atom stereocenters. The lowest BCUT2D eigenvalue weighted by atomic mass is 10.0. The van der Waals surface area contributed by atoms with Gasteiger partial charge in [-0.25, -0.2) is 8.42 Å². The number of carbonyl (C=O) groups excluding carboxylic acids is 2. The Labute approximate surface area is 185 Å². The first-order valence-corrected chi connectivity index (χ1v) is 11.8. The third kappa shape index (κ3) is 8.66. The third-order valence-corrected chi connectivity index (χ3v) is 6.43. The van der Waals surface area contributed by atoms with Crippen LogP contribution in [0.4, 0.5) is 0 Å². The van der Waals surface area contributed by atoms with Crippen molar-refractivity contribution in [3.63, 3.8) is 0 Å². The summed E-state index contributed by atoms with van der Waals surface area (Å²) in [7, 11) is -3.99. The quantitative estimate of drug-likeness (QED) is 0.160. The van der Waals surface area contributed by atoms with Gasteiger partial charge in [-0.05, 0) is 57.1 Å². The van der Waals surface area contributed by atoms with Crippen LogP contribution in [0.3, 0.4) is 0 Å². The highest BCUT2D eigenvalue weighted by Gasteiger charge is 2.29. The van der Waals surface area contributed by atoms with Crippen LogP contribution in [0.5, 0.6) is 0 Å². The molecule has 0 aliphatic rings. The number of benzene rings is 1. The highest BCUT2D eigenvalue weighted by molar-refractivity contribution is 7.89. The Morgan fingerprint density at radius 1 is 1.16 bits per heavy atom. The minimum Gasteiger partial charge on any atom is -0.370 e. The molecule has 1 amide bonds. The molecule has 0 aliphatic carbocycles.